The maximum absolute atomic E-state index is 12.8. The summed E-state index contributed by atoms with van der Waals surface area (Å²) in [5.41, 5.74) is 1.02. The first-order valence-corrected chi connectivity index (χ1v) is 12.8. The maximum Gasteiger partial charge on any atom is 0.260 e. The predicted molar refractivity (Wildman–Crippen MR) is 130 cm³/mol. The van der Waals surface area contributed by atoms with Gasteiger partial charge < -0.3 is 15.0 Å². The standard InChI is InChI=1S/C25H34N4O3S/c1-18-12-19(2)14-28(13-18)15-21-17-33-25(26-21)27-24(31)20-8-10-29(11-9-20)23(30)16-32-22-6-4-3-5-7-22/h3-7,17-20H,8-16H2,1-2H3,(H,26,27,31). The number of nitrogens with zero attached hydrogens (tertiary/aromatic N) is 3. The van der Waals surface area contributed by atoms with Gasteiger partial charge in [0.15, 0.2) is 11.7 Å². The SMILES string of the molecule is CC1CC(C)CN(Cc2csc(NC(=O)C3CCN(C(=O)COc4ccccc4)CC3)n2)C1. The number of benzene rings is 1. The molecule has 1 aromatic carbocycles. The van der Waals surface area contributed by atoms with Crippen LogP contribution in [0.4, 0.5) is 5.13 Å². The van der Waals surface area contributed by atoms with Crippen molar-refractivity contribution >= 4 is 28.3 Å². The van der Waals surface area contributed by atoms with E-state index in [1.165, 1.54) is 17.8 Å². The smallest absolute Gasteiger partial charge is 0.260 e. The van der Waals surface area contributed by atoms with Crippen LogP contribution in [0.2, 0.25) is 0 Å². The Bertz CT molecular complexity index is 917. The number of nitrogens with one attached hydrogen (secondary N) is 1. The van der Waals surface area contributed by atoms with Crippen LogP contribution >= 0.6 is 11.3 Å². The molecule has 178 valence electrons. The molecule has 2 aromatic rings. The molecule has 2 aliphatic rings. The Hall–Kier alpha value is -2.45. The van der Waals surface area contributed by atoms with Gasteiger partial charge in [-0.25, -0.2) is 4.98 Å². The Kier molecular flexibility index (Phi) is 7.98. The third-order valence-electron chi connectivity index (χ3n) is 6.44. The molecule has 4 rings (SSSR count). The first kappa shape index (κ1) is 23.7. The van der Waals surface area contributed by atoms with Crippen molar-refractivity contribution in [3.63, 3.8) is 0 Å². The number of anilines is 1. The van der Waals surface area contributed by atoms with Crippen LogP contribution in [0.3, 0.4) is 0 Å². The Morgan fingerprint density at radius 2 is 1.82 bits per heavy atom. The van der Waals surface area contributed by atoms with E-state index >= 15 is 0 Å². The summed E-state index contributed by atoms with van der Waals surface area (Å²) in [6, 6.07) is 9.34. The summed E-state index contributed by atoms with van der Waals surface area (Å²) in [5, 5.41) is 5.72. The molecule has 2 saturated heterocycles. The van der Waals surface area contributed by atoms with Gasteiger partial charge in [0.1, 0.15) is 5.75 Å². The van der Waals surface area contributed by atoms with E-state index < -0.39 is 0 Å². The van der Waals surface area contributed by atoms with E-state index in [-0.39, 0.29) is 24.3 Å². The molecule has 0 radical (unpaired) electrons. The molecule has 1 aromatic heterocycles. The minimum Gasteiger partial charge on any atom is -0.484 e. The Morgan fingerprint density at radius 3 is 2.52 bits per heavy atom. The highest BCUT2D eigenvalue weighted by Crippen LogP contribution is 2.25. The lowest BCUT2D eigenvalue weighted by Crippen LogP contribution is -2.43. The Labute approximate surface area is 200 Å². The molecular weight excluding hydrogens is 436 g/mol. The van der Waals surface area contributed by atoms with Crippen molar-refractivity contribution in [3.05, 3.63) is 41.4 Å². The van der Waals surface area contributed by atoms with Crippen molar-refractivity contribution < 1.29 is 14.3 Å². The van der Waals surface area contributed by atoms with Crippen LogP contribution in [0.15, 0.2) is 35.7 Å². The second-order valence-electron chi connectivity index (χ2n) is 9.53. The molecule has 2 amide bonds. The van der Waals surface area contributed by atoms with E-state index in [0.717, 1.165) is 25.3 Å². The van der Waals surface area contributed by atoms with Gasteiger partial charge >= 0.3 is 0 Å². The quantitative estimate of drug-likeness (QED) is 0.665. The average molecular weight is 471 g/mol. The van der Waals surface area contributed by atoms with Gasteiger partial charge in [0, 0.05) is 44.0 Å². The molecule has 2 aliphatic heterocycles. The van der Waals surface area contributed by atoms with E-state index in [1.807, 2.05) is 35.7 Å². The number of amides is 2. The minimum atomic E-state index is -0.0970. The number of likely N-dealkylation sites (tertiary alicyclic amines) is 2. The molecular formula is C25H34N4O3S. The lowest BCUT2D eigenvalue weighted by Gasteiger charge is -2.34. The first-order valence-electron chi connectivity index (χ1n) is 11.9. The molecule has 0 spiro atoms. The second-order valence-corrected chi connectivity index (χ2v) is 10.4. The minimum absolute atomic E-state index is 0.00347. The number of hydrogen-bond acceptors (Lipinski definition) is 6. The third kappa shape index (κ3) is 6.77. The summed E-state index contributed by atoms with van der Waals surface area (Å²) >= 11 is 1.49. The lowest BCUT2D eigenvalue weighted by molar-refractivity contribution is -0.136. The predicted octanol–water partition coefficient (Wildman–Crippen LogP) is 3.88. The van der Waals surface area contributed by atoms with Crippen LogP contribution in [-0.2, 0) is 16.1 Å². The van der Waals surface area contributed by atoms with E-state index in [0.29, 0.717) is 48.6 Å². The van der Waals surface area contributed by atoms with Crippen molar-refractivity contribution in [2.75, 3.05) is 38.1 Å². The number of carbonyl (C=O) groups is 2. The zero-order valence-electron chi connectivity index (χ0n) is 19.5. The summed E-state index contributed by atoms with van der Waals surface area (Å²) in [4.78, 5) is 34.1. The van der Waals surface area contributed by atoms with Crippen molar-refractivity contribution in [1.82, 2.24) is 14.8 Å². The fraction of sp³-hybridized carbons (Fsp3) is 0.560. The van der Waals surface area contributed by atoms with Crippen molar-refractivity contribution in [2.24, 2.45) is 17.8 Å². The highest BCUT2D eigenvalue weighted by atomic mass is 32.1. The van der Waals surface area contributed by atoms with Crippen LogP contribution in [0.1, 0.15) is 38.8 Å². The molecule has 2 atom stereocenters. The molecule has 2 unspecified atom stereocenters. The van der Waals surface area contributed by atoms with Gasteiger partial charge in [0.2, 0.25) is 5.91 Å². The Morgan fingerprint density at radius 1 is 1.12 bits per heavy atom. The van der Waals surface area contributed by atoms with Crippen LogP contribution in [0, 0.1) is 17.8 Å². The van der Waals surface area contributed by atoms with E-state index in [9.17, 15) is 9.59 Å². The third-order valence-corrected chi connectivity index (χ3v) is 7.24. The second kappa shape index (κ2) is 11.1. The normalized spacial score (nSPS) is 22.2. The van der Waals surface area contributed by atoms with Gasteiger partial charge in [-0.2, -0.15) is 0 Å². The number of piperidine rings is 2. The van der Waals surface area contributed by atoms with Crippen LogP contribution in [-0.4, -0.2) is 59.4 Å². The zero-order chi connectivity index (χ0) is 23.2. The summed E-state index contributed by atoms with van der Waals surface area (Å²) in [5.74, 6) is 1.99. The topological polar surface area (TPSA) is 74.8 Å². The summed E-state index contributed by atoms with van der Waals surface area (Å²) in [6.07, 6.45) is 2.61. The number of carbonyl (C=O) groups excluding carboxylic acids is 2. The summed E-state index contributed by atoms with van der Waals surface area (Å²) < 4.78 is 5.56. The van der Waals surface area contributed by atoms with Gasteiger partial charge in [-0.05, 0) is 43.2 Å². The average Bonchev–Trinajstić information content (AvgIpc) is 3.24. The molecule has 7 nitrogen and oxygen atoms in total. The molecule has 1 N–H and O–H groups in total. The monoisotopic (exact) mass is 470 g/mol. The number of ether oxygens (including phenoxy) is 1. The number of hydrogen-bond donors (Lipinski definition) is 1. The lowest BCUT2D eigenvalue weighted by atomic mass is 9.92. The molecule has 0 aliphatic carbocycles. The Balaban J connectivity index is 1.20. The van der Waals surface area contributed by atoms with Crippen molar-refractivity contribution in [2.45, 2.75) is 39.7 Å². The van der Waals surface area contributed by atoms with Crippen LogP contribution in [0.25, 0.3) is 0 Å². The highest BCUT2D eigenvalue weighted by molar-refractivity contribution is 7.13. The van der Waals surface area contributed by atoms with E-state index in [1.54, 1.807) is 4.90 Å². The van der Waals surface area contributed by atoms with Gasteiger partial charge in [-0.1, -0.05) is 32.0 Å². The van der Waals surface area contributed by atoms with Crippen molar-refractivity contribution in [3.8, 4) is 5.75 Å². The molecule has 33 heavy (non-hydrogen) atoms. The zero-order valence-corrected chi connectivity index (χ0v) is 20.4. The molecule has 2 fully saturated rings. The van der Waals surface area contributed by atoms with Gasteiger partial charge in [-0.15, -0.1) is 11.3 Å². The van der Waals surface area contributed by atoms with E-state index in [4.69, 9.17) is 4.74 Å². The molecule has 0 bridgehead atoms. The number of para-hydroxylation sites is 1. The van der Waals surface area contributed by atoms with Gasteiger partial charge in [0.05, 0.1) is 5.69 Å². The van der Waals surface area contributed by atoms with Crippen LogP contribution < -0.4 is 10.1 Å². The molecule has 0 saturated carbocycles. The maximum atomic E-state index is 12.8. The number of aromatic nitrogens is 1. The first-order chi connectivity index (χ1) is 16.0. The van der Waals surface area contributed by atoms with E-state index in [2.05, 4.69) is 29.0 Å². The van der Waals surface area contributed by atoms with Crippen LogP contribution in [0.5, 0.6) is 5.75 Å². The van der Waals surface area contributed by atoms with Crippen molar-refractivity contribution in [1.29, 1.82) is 0 Å². The molecule has 3 heterocycles. The summed E-state index contributed by atoms with van der Waals surface area (Å²) in [7, 11) is 0. The molecule has 8 heteroatoms. The number of thiazole rings is 1. The highest BCUT2D eigenvalue weighted by Gasteiger charge is 2.28. The van der Waals surface area contributed by atoms with Gasteiger partial charge in [0.25, 0.3) is 5.91 Å². The fourth-order valence-electron chi connectivity index (χ4n) is 4.94. The van der Waals surface area contributed by atoms with Gasteiger partial charge in [-0.3, -0.25) is 14.5 Å². The number of rotatable bonds is 7. The summed E-state index contributed by atoms with van der Waals surface area (Å²) in [6.45, 7) is 8.85. The fourth-order valence-corrected chi connectivity index (χ4v) is 5.64. The largest absolute Gasteiger partial charge is 0.484 e.